The van der Waals surface area contributed by atoms with E-state index in [1.807, 2.05) is 13.0 Å². The number of halogens is 1. The quantitative estimate of drug-likeness (QED) is 0.895. The van der Waals surface area contributed by atoms with Crippen molar-refractivity contribution in [2.75, 3.05) is 13.1 Å². The molecule has 0 saturated carbocycles. The summed E-state index contributed by atoms with van der Waals surface area (Å²) in [6.45, 7) is 2.33. The molecule has 2 rings (SSSR count). The van der Waals surface area contributed by atoms with Crippen LogP contribution in [-0.2, 0) is 14.8 Å². The number of carboxylic acid groups (broad SMARTS) is 1. The number of carboxylic acids is 1. The summed E-state index contributed by atoms with van der Waals surface area (Å²) in [6, 6.07) is 5.10. The molecule has 0 aliphatic carbocycles. The Morgan fingerprint density at radius 1 is 1.35 bits per heavy atom. The third kappa shape index (κ3) is 2.89. The molecule has 1 N–H and O–H groups in total. The molecule has 0 unspecified atom stereocenters. The van der Waals surface area contributed by atoms with Crippen molar-refractivity contribution in [1.29, 1.82) is 0 Å². The van der Waals surface area contributed by atoms with Gasteiger partial charge in [0.2, 0.25) is 10.0 Å². The topological polar surface area (TPSA) is 74.7 Å². The summed E-state index contributed by atoms with van der Waals surface area (Å²) in [4.78, 5) is 11.1. The van der Waals surface area contributed by atoms with Gasteiger partial charge in [-0.25, -0.2) is 8.42 Å². The van der Waals surface area contributed by atoms with Gasteiger partial charge in [0.1, 0.15) is 0 Å². The number of hydrogen-bond acceptors (Lipinski definition) is 3. The van der Waals surface area contributed by atoms with Crippen LogP contribution in [0.5, 0.6) is 0 Å². The lowest BCUT2D eigenvalue weighted by Crippen LogP contribution is -2.40. The van der Waals surface area contributed by atoms with Gasteiger partial charge in [-0.3, -0.25) is 4.79 Å². The summed E-state index contributed by atoms with van der Waals surface area (Å²) in [5, 5.41) is 8.95. The standard InChI is InChI=1S/C13H16BrNO4S/c1-9-3-2-4-11(12(9)14)20(18,19)15-7-5-10(6-8-15)13(16)17/h2-4,10H,5-8H2,1H3,(H,16,17). The maximum atomic E-state index is 12.6. The average Bonchev–Trinajstić information content (AvgIpc) is 2.41. The number of nitrogens with zero attached hydrogens (tertiary/aromatic N) is 1. The first-order valence-electron chi connectivity index (χ1n) is 6.32. The molecule has 1 aromatic rings. The second-order valence-electron chi connectivity index (χ2n) is 4.90. The number of hydrogen-bond donors (Lipinski definition) is 1. The van der Waals surface area contributed by atoms with E-state index in [2.05, 4.69) is 15.9 Å². The van der Waals surface area contributed by atoms with E-state index < -0.39 is 21.9 Å². The summed E-state index contributed by atoms with van der Waals surface area (Å²) in [7, 11) is -3.57. The Kier molecular flexibility index (Phi) is 4.51. The minimum Gasteiger partial charge on any atom is -0.481 e. The molecule has 0 bridgehead atoms. The summed E-state index contributed by atoms with van der Waals surface area (Å²) in [6.07, 6.45) is 0.718. The highest BCUT2D eigenvalue weighted by molar-refractivity contribution is 9.10. The molecule has 1 saturated heterocycles. The minimum absolute atomic E-state index is 0.242. The molecule has 110 valence electrons. The van der Waals surface area contributed by atoms with E-state index in [9.17, 15) is 13.2 Å². The van der Waals surface area contributed by atoms with Crippen molar-refractivity contribution in [3.05, 3.63) is 28.2 Å². The molecular formula is C13H16BrNO4S. The molecule has 1 fully saturated rings. The summed E-state index contributed by atoms with van der Waals surface area (Å²) in [5.41, 5.74) is 0.853. The SMILES string of the molecule is Cc1cccc(S(=O)(=O)N2CCC(C(=O)O)CC2)c1Br. The predicted molar refractivity (Wildman–Crippen MR) is 78.0 cm³/mol. The van der Waals surface area contributed by atoms with Crippen LogP contribution >= 0.6 is 15.9 Å². The van der Waals surface area contributed by atoms with Gasteiger partial charge in [0.25, 0.3) is 0 Å². The first kappa shape index (κ1) is 15.5. The predicted octanol–water partition coefficient (Wildman–Crippen LogP) is 2.24. The molecule has 20 heavy (non-hydrogen) atoms. The first-order chi connectivity index (χ1) is 9.34. The van der Waals surface area contributed by atoms with E-state index >= 15 is 0 Å². The summed E-state index contributed by atoms with van der Waals surface area (Å²) >= 11 is 3.32. The molecule has 5 nitrogen and oxygen atoms in total. The first-order valence-corrected chi connectivity index (χ1v) is 8.55. The van der Waals surface area contributed by atoms with Gasteiger partial charge in [-0.15, -0.1) is 0 Å². The van der Waals surface area contributed by atoms with E-state index in [-0.39, 0.29) is 18.0 Å². The molecule has 7 heteroatoms. The van der Waals surface area contributed by atoms with E-state index in [0.717, 1.165) is 5.56 Å². The normalized spacial score (nSPS) is 18.1. The third-order valence-corrected chi connectivity index (χ3v) is 6.83. The van der Waals surface area contributed by atoms with Crippen LogP contribution in [0.2, 0.25) is 0 Å². The summed E-state index contributed by atoms with van der Waals surface area (Å²) < 4.78 is 27.1. The van der Waals surface area contributed by atoms with Crippen molar-refractivity contribution in [3.8, 4) is 0 Å². The van der Waals surface area contributed by atoms with Crippen LogP contribution in [0.3, 0.4) is 0 Å². The van der Waals surface area contributed by atoms with Crippen LogP contribution in [0.15, 0.2) is 27.6 Å². The summed E-state index contributed by atoms with van der Waals surface area (Å²) in [5.74, 6) is -1.29. The van der Waals surface area contributed by atoms with Crippen molar-refractivity contribution in [2.24, 2.45) is 5.92 Å². The molecule has 1 heterocycles. The molecule has 1 aliphatic heterocycles. The fourth-order valence-corrected chi connectivity index (χ4v) is 4.79. The molecule has 0 radical (unpaired) electrons. The largest absolute Gasteiger partial charge is 0.481 e. The number of benzene rings is 1. The zero-order valence-corrected chi connectivity index (χ0v) is 13.4. The smallest absolute Gasteiger partial charge is 0.306 e. The highest BCUT2D eigenvalue weighted by Crippen LogP contribution is 2.30. The number of sulfonamides is 1. The molecule has 1 aliphatic rings. The van der Waals surface area contributed by atoms with Gasteiger partial charge in [-0.05, 0) is 47.3 Å². The Morgan fingerprint density at radius 3 is 2.50 bits per heavy atom. The molecule has 0 atom stereocenters. The second kappa shape index (κ2) is 5.83. The van der Waals surface area contributed by atoms with E-state index in [1.165, 1.54) is 4.31 Å². The lowest BCUT2D eigenvalue weighted by Gasteiger charge is -2.29. The highest BCUT2D eigenvalue weighted by Gasteiger charge is 2.33. The van der Waals surface area contributed by atoms with Gasteiger partial charge in [0.05, 0.1) is 10.8 Å². The van der Waals surface area contributed by atoms with Crippen LogP contribution in [0.4, 0.5) is 0 Å². The van der Waals surface area contributed by atoms with Gasteiger partial charge >= 0.3 is 5.97 Å². The number of carbonyl (C=O) groups is 1. The van der Waals surface area contributed by atoms with E-state index in [4.69, 9.17) is 5.11 Å². The van der Waals surface area contributed by atoms with Crippen molar-refractivity contribution in [3.63, 3.8) is 0 Å². The molecule has 0 amide bonds. The minimum atomic E-state index is -3.57. The Bertz CT molecular complexity index is 621. The second-order valence-corrected chi connectivity index (χ2v) is 7.60. The van der Waals surface area contributed by atoms with Gasteiger partial charge < -0.3 is 5.11 Å². The fraction of sp³-hybridized carbons (Fsp3) is 0.462. The average molecular weight is 362 g/mol. The van der Waals surface area contributed by atoms with Crippen molar-refractivity contribution in [1.82, 2.24) is 4.31 Å². The maximum absolute atomic E-state index is 12.6. The van der Waals surface area contributed by atoms with Crippen molar-refractivity contribution < 1.29 is 18.3 Å². The molecular weight excluding hydrogens is 346 g/mol. The lowest BCUT2D eigenvalue weighted by atomic mass is 9.99. The fourth-order valence-electron chi connectivity index (χ4n) is 2.30. The lowest BCUT2D eigenvalue weighted by molar-refractivity contribution is -0.142. The van der Waals surface area contributed by atoms with Crippen LogP contribution in [-0.4, -0.2) is 36.9 Å². The van der Waals surface area contributed by atoms with Crippen LogP contribution in [0, 0.1) is 12.8 Å². The number of rotatable bonds is 3. The number of aryl methyl sites for hydroxylation is 1. The van der Waals surface area contributed by atoms with Gasteiger partial charge in [0.15, 0.2) is 0 Å². The molecule has 0 spiro atoms. The highest BCUT2D eigenvalue weighted by atomic mass is 79.9. The van der Waals surface area contributed by atoms with Crippen LogP contribution < -0.4 is 0 Å². The molecule has 0 aromatic heterocycles. The number of piperidine rings is 1. The Balaban J connectivity index is 2.24. The van der Waals surface area contributed by atoms with Crippen molar-refractivity contribution in [2.45, 2.75) is 24.7 Å². The van der Waals surface area contributed by atoms with Crippen LogP contribution in [0.25, 0.3) is 0 Å². The Hall–Kier alpha value is -0.920. The van der Waals surface area contributed by atoms with Gasteiger partial charge in [-0.2, -0.15) is 4.31 Å². The van der Waals surface area contributed by atoms with E-state index in [0.29, 0.717) is 17.3 Å². The Morgan fingerprint density at radius 2 is 1.95 bits per heavy atom. The van der Waals surface area contributed by atoms with Crippen LogP contribution in [0.1, 0.15) is 18.4 Å². The van der Waals surface area contributed by atoms with Crippen molar-refractivity contribution >= 4 is 31.9 Å². The van der Waals surface area contributed by atoms with Gasteiger partial charge in [-0.1, -0.05) is 12.1 Å². The monoisotopic (exact) mass is 361 g/mol. The maximum Gasteiger partial charge on any atom is 0.306 e. The van der Waals surface area contributed by atoms with E-state index in [1.54, 1.807) is 12.1 Å². The zero-order valence-electron chi connectivity index (χ0n) is 11.0. The third-order valence-electron chi connectivity index (χ3n) is 3.58. The van der Waals surface area contributed by atoms with Gasteiger partial charge in [0, 0.05) is 17.6 Å². The molecule has 1 aromatic carbocycles. The Labute approximate surface area is 126 Å². The zero-order chi connectivity index (χ0) is 14.9. The number of aliphatic carboxylic acids is 1.